The molecule has 64 valence electrons. The van der Waals surface area contributed by atoms with Gasteiger partial charge in [0, 0.05) is 12.6 Å². The summed E-state index contributed by atoms with van der Waals surface area (Å²) in [6, 6.07) is -0.597. The molecule has 0 radical (unpaired) electrons. The molecule has 1 fully saturated rings. The van der Waals surface area contributed by atoms with Gasteiger partial charge in [-0.3, -0.25) is 0 Å². The summed E-state index contributed by atoms with van der Waals surface area (Å²) in [6.07, 6.45) is 0.914. The van der Waals surface area contributed by atoms with Crippen LogP contribution >= 0.6 is 23.2 Å². The van der Waals surface area contributed by atoms with Crippen molar-refractivity contribution in [1.29, 1.82) is 0 Å². The minimum atomic E-state index is -1.09. The zero-order valence-corrected chi connectivity index (χ0v) is 7.28. The Hall–Kier alpha value is 0.01000. The summed E-state index contributed by atoms with van der Waals surface area (Å²) in [4.78, 5) is 10.3. The Bertz CT molecular complexity index is 162. The third-order valence-electron chi connectivity index (χ3n) is 1.69. The van der Waals surface area contributed by atoms with Crippen LogP contribution in [0.25, 0.3) is 0 Å². The molecule has 1 atom stereocenters. The summed E-state index contributed by atoms with van der Waals surface area (Å²) in [5.41, 5.74) is 0. The van der Waals surface area contributed by atoms with E-state index in [4.69, 9.17) is 23.2 Å². The maximum atomic E-state index is 10.3. The van der Waals surface area contributed by atoms with E-state index in [0.717, 1.165) is 0 Å². The average molecular weight is 197 g/mol. The van der Waals surface area contributed by atoms with Crippen LogP contribution in [0, 0.1) is 0 Å². The van der Waals surface area contributed by atoms with E-state index in [2.05, 4.69) is 5.32 Å². The number of carboxylic acids is 1. The van der Waals surface area contributed by atoms with Crippen LogP contribution in [0.3, 0.4) is 0 Å². The molecule has 1 rings (SSSR count). The quantitative estimate of drug-likeness (QED) is 0.585. The van der Waals surface area contributed by atoms with Crippen molar-refractivity contribution < 1.29 is 9.90 Å². The second-order valence-corrected chi connectivity index (χ2v) is 4.29. The topological polar surface area (TPSA) is 52.2 Å². The molecule has 1 aliphatic heterocycles. The number of alkyl halides is 2. The first-order valence-corrected chi connectivity index (χ1v) is 4.09. The van der Waals surface area contributed by atoms with Crippen LogP contribution in [0.5, 0.6) is 0 Å². The second kappa shape index (κ2) is 3.17. The summed E-state index contributed by atoms with van der Waals surface area (Å²) < 4.78 is -0.814. The lowest BCUT2D eigenvalue weighted by atomic mass is 10.0. The van der Waals surface area contributed by atoms with E-state index in [-0.39, 0.29) is 0 Å². The van der Waals surface area contributed by atoms with Gasteiger partial charge in [0.25, 0.3) is 0 Å². The molecule has 3 nitrogen and oxygen atoms in total. The average Bonchev–Trinajstić information content (AvgIpc) is 1.86. The van der Waals surface area contributed by atoms with Gasteiger partial charge in [-0.25, -0.2) is 0 Å². The van der Waals surface area contributed by atoms with Crippen molar-refractivity contribution in [3.05, 3.63) is 0 Å². The number of carbonyl (C=O) groups is 1. The van der Waals surface area contributed by atoms with Crippen LogP contribution < -0.4 is 10.4 Å². The monoisotopic (exact) mass is 196 g/mol. The van der Waals surface area contributed by atoms with Crippen molar-refractivity contribution in [1.82, 2.24) is 5.32 Å². The molecule has 1 aliphatic rings. The highest BCUT2D eigenvalue weighted by atomic mass is 35.5. The van der Waals surface area contributed by atoms with Crippen LogP contribution in [-0.2, 0) is 4.79 Å². The van der Waals surface area contributed by atoms with Gasteiger partial charge >= 0.3 is 0 Å². The lowest BCUT2D eigenvalue weighted by molar-refractivity contribution is -0.309. The number of piperidine rings is 1. The molecule has 0 spiro atoms. The fourth-order valence-corrected chi connectivity index (χ4v) is 1.39. The molecule has 0 bridgehead atoms. The fourth-order valence-electron chi connectivity index (χ4n) is 1.02. The molecule has 1 heterocycles. The van der Waals surface area contributed by atoms with Crippen LogP contribution in [0.4, 0.5) is 0 Å². The van der Waals surface area contributed by atoms with E-state index in [1.807, 2.05) is 0 Å². The van der Waals surface area contributed by atoms with E-state index in [0.29, 0.717) is 19.4 Å². The lowest BCUT2D eigenvalue weighted by Gasteiger charge is -2.32. The number of rotatable bonds is 1. The van der Waals surface area contributed by atoms with Crippen LogP contribution in [-0.4, -0.2) is 22.9 Å². The Kier molecular flexibility index (Phi) is 2.62. The first kappa shape index (κ1) is 9.10. The molecule has 11 heavy (non-hydrogen) atoms. The lowest BCUT2D eigenvalue weighted by Crippen LogP contribution is -2.52. The first-order valence-electron chi connectivity index (χ1n) is 3.33. The molecule has 1 unspecified atom stereocenters. The number of aliphatic carboxylic acids is 1. The Morgan fingerprint density at radius 1 is 1.64 bits per heavy atom. The van der Waals surface area contributed by atoms with Gasteiger partial charge in [-0.05, 0) is 12.8 Å². The Morgan fingerprint density at radius 3 is 2.64 bits per heavy atom. The molecule has 0 aromatic rings. The molecule has 0 saturated carbocycles. The van der Waals surface area contributed by atoms with Crippen molar-refractivity contribution in [2.75, 3.05) is 6.54 Å². The van der Waals surface area contributed by atoms with Crippen molar-refractivity contribution in [3.63, 3.8) is 0 Å². The van der Waals surface area contributed by atoms with Gasteiger partial charge in [-0.1, -0.05) is 0 Å². The SMILES string of the molecule is O=C([O-])C1CCC(Cl)(Cl)CN1. The Balaban J connectivity index is 2.42. The van der Waals surface area contributed by atoms with E-state index >= 15 is 0 Å². The van der Waals surface area contributed by atoms with Gasteiger partial charge in [0.15, 0.2) is 0 Å². The van der Waals surface area contributed by atoms with Gasteiger partial charge in [0.1, 0.15) is 4.33 Å². The fraction of sp³-hybridized carbons (Fsp3) is 0.833. The molecule has 0 aromatic carbocycles. The molecule has 5 heteroatoms. The summed E-state index contributed by atoms with van der Waals surface area (Å²) in [5, 5.41) is 13.0. The minimum Gasteiger partial charge on any atom is -0.548 e. The zero-order chi connectivity index (χ0) is 8.48. The molecular weight excluding hydrogens is 189 g/mol. The van der Waals surface area contributed by atoms with Gasteiger partial charge in [0.05, 0.1) is 5.97 Å². The molecule has 0 amide bonds. The van der Waals surface area contributed by atoms with E-state index < -0.39 is 16.3 Å². The Morgan fingerprint density at radius 2 is 2.27 bits per heavy atom. The van der Waals surface area contributed by atoms with Crippen molar-refractivity contribution in [2.45, 2.75) is 23.2 Å². The summed E-state index contributed by atoms with van der Waals surface area (Å²) in [5.74, 6) is -1.09. The molecule has 0 aromatic heterocycles. The number of hydrogen-bond acceptors (Lipinski definition) is 3. The number of carboxylic acid groups (broad SMARTS) is 1. The predicted octanol–water partition coefficient (Wildman–Crippen LogP) is -0.338. The molecule has 1 N–H and O–H groups in total. The molecular formula is C6H8Cl2NO2-. The van der Waals surface area contributed by atoms with Crippen molar-refractivity contribution in [2.24, 2.45) is 0 Å². The highest BCUT2D eigenvalue weighted by Gasteiger charge is 2.30. The maximum absolute atomic E-state index is 10.3. The summed E-state index contributed by atoms with van der Waals surface area (Å²) >= 11 is 11.5. The maximum Gasteiger partial charge on any atom is 0.130 e. The number of hydrogen-bond donors (Lipinski definition) is 1. The molecule has 0 aliphatic carbocycles. The minimum absolute atomic E-state index is 0.300. The molecule has 1 saturated heterocycles. The number of nitrogens with one attached hydrogen (secondary N) is 1. The third kappa shape index (κ3) is 2.51. The van der Waals surface area contributed by atoms with E-state index in [1.165, 1.54) is 0 Å². The van der Waals surface area contributed by atoms with Crippen molar-refractivity contribution in [3.8, 4) is 0 Å². The number of carbonyl (C=O) groups excluding carboxylic acids is 1. The zero-order valence-electron chi connectivity index (χ0n) is 5.77. The van der Waals surface area contributed by atoms with Gasteiger partial charge < -0.3 is 15.2 Å². The third-order valence-corrected chi connectivity index (χ3v) is 2.34. The predicted molar refractivity (Wildman–Crippen MR) is 40.5 cm³/mol. The number of halogens is 2. The van der Waals surface area contributed by atoms with Crippen LogP contribution in [0.2, 0.25) is 0 Å². The Labute approximate surface area is 74.7 Å². The normalized spacial score (nSPS) is 29.8. The van der Waals surface area contributed by atoms with E-state index in [1.54, 1.807) is 0 Å². The van der Waals surface area contributed by atoms with Crippen LogP contribution in [0.15, 0.2) is 0 Å². The van der Waals surface area contributed by atoms with E-state index in [9.17, 15) is 9.90 Å². The first-order chi connectivity index (χ1) is 5.01. The van der Waals surface area contributed by atoms with Crippen molar-refractivity contribution >= 4 is 29.2 Å². The summed E-state index contributed by atoms with van der Waals surface area (Å²) in [6.45, 7) is 0.300. The van der Waals surface area contributed by atoms with Gasteiger partial charge in [0.2, 0.25) is 0 Å². The van der Waals surface area contributed by atoms with Crippen LogP contribution in [0.1, 0.15) is 12.8 Å². The second-order valence-electron chi connectivity index (χ2n) is 2.65. The summed E-state index contributed by atoms with van der Waals surface area (Å²) in [7, 11) is 0. The highest BCUT2D eigenvalue weighted by molar-refractivity contribution is 6.48. The highest BCUT2D eigenvalue weighted by Crippen LogP contribution is 2.29. The van der Waals surface area contributed by atoms with Gasteiger partial charge in [-0.2, -0.15) is 0 Å². The standard InChI is InChI=1S/C6H9Cl2NO2/c7-6(8)2-1-4(5(10)11)9-3-6/h4,9H,1-3H2,(H,10,11)/p-1. The largest absolute Gasteiger partial charge is 0.548 e. The smallest absolute Gasteiger partial charge is 0.130 e. The van der Waals surface area contributed by atoms with Gasteiger partial charge in [-0.15, -0.1) is 23.2 Å².